The highest BCUT2D eigenvalue weighted by molar-refractivity contribution is 5.95. The zero-order chi connectivity index (χ0) is 23.1. The summed E-state index contributed by atoms with van der Waals surface area (Å²) in [6, 6.07) is 26.3. The molecule has 0 N–H and O–H groups in total. The van der Waals surface area contributed by atoms with Crippen LogP contribution in [0.15, 0.2) is 78.9 Å². The lowest BCUT2D eigenvalue weighted by atomic mass is 10.0. The number of hydrogen-bond acceptors (Lipinski definition) is 4. The predicted octanol–water partition coefficient (Wildman–Crippen LogP) is 3.44. The Kier molecular flexibility index (Phi) is 5.23. The molecule has 6 rings (SSSR count). The van der Waals surface area contributed by atoms with Crippen LogP contribution in [0.3, 0.4) is 0 Å². The van der Waals surface area contributed by atoms with Crippen LogP contribution >= 0.6 is 0 Å². The summed E-state index contributed by atoms with van der Waals surface area (Å²) < 4.78 is 0. The maximum absolute atomic E-state index is 13.4. The average molecular weight is 451 g/mol. The molecule has 0 bridgehead atoms. The largest absolute Gasteiger partial charge is 0.327 e. The molecule has 0 aliphatic carbocycles. The molecule has 2 aliphatic heterocycles. The molecule has 2 amide bonds. The van der Waals surface area contributed by atoms with Gasteiger partial charge in [0, 0.05) is 31.6 Å². The highest BCUT2D eigenvalue weighted by atomic mass is 16.2. The van der Waals surface area contributed by atoms with E-state index in [2.05, 4.69) is 41.3 Å². The lowest BCUT2D eigenvalue weighted by Crippen LogP contribution is -2.66. The number of amides is 2. The van der Waals surface area contributed by atoms with E-state index in [0.29, 0.717) is 19.6 Å². The number of pyridine rings is 1. The lowest BCUT2D eigenvalue weighted by molar-refractivity contribution is -0.160. The summed E-state index contributed by atoms with van der Waals surface area (Å²) in [6.45, 7) is 3.15. The lowest BCUT2D eigenvalue weighted by Gasteiger charge is -2.46. The molecule has 2 saturated heterocycles. The smallest absolute Gasteiger partial charge is 0.247 e. The number of benzene rings is 3. The summed E-state index contributed by atoms with van der Waals surface area (Å²) in [5.74, 6) is 0.0357. The zero-order valence-electron chi connectivity index (χ0n) is 18.9. The fourth-order valence-electron chi connectivity index (χ4n) is 5.16. The van der Waals surface area contributed by atoms with Gasteiger partial charge in [-0.15, -0.1) is 0 Å². The van der Waals surface area contributed by atoms with Crippen LogP contribution in [0.25, 0.3) is 21.7 Å². The molecule has 3 aromatic carbocycles. The number of para-hydroxylation sites is 1. The summed E-state index contributed by atoms with van der Waals surface area (Å²) in [5.41, 5.74) is 2.92. The Hall–Kier alpha value is -3.77. The first-order chi connectivity index (χ1) is 16.6. The SMILES string of the molecule is O=C1C2CN(Cc3ccc4ccccc4c3)CCN2C(=O)CN1Cc1ccc2ccccc2n1. The Balaban J connectivity index is 1.18. The number of fused-ring (bicyclic) bond motifs is 3. The van der Waals surface area contributed by atoms with Gasteiger partial charge in [0.2, 0.25) is 11.8 Å². The van der Waals surface area contributed by atoms with Crippen molar-refractivity contribution in [3.8, 4) is 0 Å². The van der Waals surface area contributed by atoms with Crippen molar-refractivity contribution >= 4 is 33.5 Å². The van der Waals surface area contributed by atoms with E-state index >= 15 is 0 Å². The molecule has 0 radical (unpaired) electrons. The molecule has 4 aromatic rings. The normalized spacial score (nSPS) is 19.1. The molecule has 0 saturated carbocycles. The molecular formula is C28H26N4O2. The van der Waals surface area contributed by atoms with E-state index in [0.717, 1.165) is 29.7 Å². The first kappa shape index (κ1) is 20.8. The molecule has 1 unspecified atom stereocenters. The van der Waals surface area contributed by atoms with Gasteiger partial charge in [-0.05, 0) is 34.5 Å². The molecule has 6 nitrogen and oxygen atoms in total. The topological polar surface area (TPSA) is 56.8 Å². The minimum atomic E-state index is -0.434. The van der Waals surface area contributed by atoms with Crippen molar-refractivity contribution in [2.75, 3.05) is 26.2 Å². The third kappa shape index (κ3) is 3.90. The molecule has 6 heteroatoms. The van der Waals surface area contributed by atoms with Crippen molar-refractivity contribution in [3.63, 3.8) is 0 Å². The quantitative estimate of drug-likeness (QED) is 0.478. The zero-order valence-corrected chi connectivity index (χ0v) is 18.9. The summed E-state index contributed by atoms with van der Waals surface area (Å²) >= 11 is 0. The number of carbonyl (C=O) groups excluding carboxylic acids is 2. The van der Waals surface area contributed by atoms with Gasteiger partial charge in [0.05, 0.1) is 17.8 Å². The van der Waals surface area contributed by atoms with Crippen LogP contribution in [0, 0.1) is 0 Å². The highest BCUT2D eigenvalue weighted by Gasteiger charge is 2.42. The number of aromatic nitrogens is 1. The molecule has 1 atom stereocenters. The average Bonchev–Trinajstić information content (AvgIpc) is 2.87. The molecule has 2 fully saturated rings. The minimum absolute atomic E-state index is 0.0118. The van der Waals surface area contributed by atoms with E-state index < -0.39 is 6.04 Å². The van der Waals surface area contributed by atoms with Crippen molar-refractivity contribution < 1.29 is 9.59 Å². The third-order valence-electron chi connectivity index (χ3n) is 6.94. The molecule has 1 aromatic heterocycles. The molecular weight excluding hydrogens is 424 g/mol. The number of piperazine rings is 2. The van der Waals surface area contributed by atoms with E-state index in [1.54, 1.807) is 9.80 Å². The van der Waals surface area contributed by atoms with Crippen molar-refractivity contribution in [2.24, 2.45) is 0 Å². The minimum Gasteiger partial charge on any atom is -0.327 e. The first-order valence-corrected chi connectivity index (χ1v) is 11.8. The van der Waals surface area contributed by atoms with E-state index in [1.165, 1.54) is 16.3 Å². The van der Waals surface area contributed by atoms with Crippen LogP contribution in [0.1, 0.15) is 11.3 Å². The van der Waals surface area contributed by atoms with E-state index in [4.69, 9.17) is 4.98 Å². The summed E-state index contributed by atoms with van der Waals surface area (Å²) in [4.78, 5) is 36.7. The fraction of sp³-hybridized carbons (Fsp3) is 0.250. The number of nitrogens with zero attached hydrogens (tertiary/aromatic N) is 4. The summed E-state index contributed by atoms with van der Waals surface area (Å²) in [5, 5.41) is 3.51. The van der Waals surface area contributed by atoms with Gasteiger partial charge in [-0.3, -0.25) is 19.5 Å². The monoisotopic (exact) mass is 450 g/mol. The Morgan fingerprint density at radius 2 is 1.56 bits per heavy atom. The fourth-order valence-corrected chi connectivity index (χ4v) is 5.16. The van der Waals surface area contributed by atoms with Gasteiger partial charge < -0.3 is 9.80 Å². The second-order valence-electron chi connectivity index (χ2n) is 9.21. The van der Waals surface area contributed by atoms with Gasteiger partial charge in [-0.1, -0.05) is 60.7 Å². The number of rotatable bonds is 4. The second kappa shape index (κ2) is 8.54. The van der Waals surface area contributed by atoms with Gasteiger partial charge in [0.1, 0.15) is 12.6 Å². The van der Waals surface area contributed by atoms with Gasteiger partial charge >= 0.3 is 0 Å². The standard InChI is InChI=1S/C28H26N4O2/c33-27-19-31(17-24-12-11-22-6-3-4-8-25(22)29-24)28(34)26-18-30(13-14-32(26)27)16-20-9-10-21-5-1-2-7-23(21)15-20/h1-12,15,26H,13-14,16-19H2. The maximum atomic E-state index is 13.4. The van der Waals surface area contributed by atoms with Crippen molar-refractivity contribution in [3.05, 3.63) is 90.1 Å². The third-order valence-corrected chi connectivity index (χ3v) is 6.94. The highest BCUT2D eigenvalue weighted by Crippen LogP contribution is 2.23. The van der Waals surface area contributed by atoms with E-state index in [1.807, 2.05) is 42.5 Å². The number of carbonyl (C=O) groups is 2. The van der Waals surface area contributed by atoms with Crippen molar-refractivity contribution in [1.82, 2.24) is 19.7 Å². The second-order valence-corrected chi connectivity index (χ2v) is 9.21. The van der Waals surface area contributed by atoms with Crippen molar-refractivity contribution in [1.29, 1.82) is 0 Å². The molecule has 34 heavy (non-hydrogen) atoms. The summed E-state index contributed by atoms with van der Waals surface area (Å²) in [7, 11) is 0. The molecule has 0 spiro atoms. The Labute approximate surface area is 198 Å². The number of hydrogen-bond donors (Lipinski definition) is 0. The Morgan fingerprint density at radius 3 is 2.44 bits per heavy atom. The van der Waals surface area contributed by atoms with Crippen LogP contribution in [0.5, 0.6) is 0 Å². The van der Waals surface area contributed by atoms with Crippen LogP contribution in [-0.2, 0) is 22.7 Å². The van der Waals surface area contributed by atoms with Crippen LogP contribution < -0.4 is 0 Å². The van der Waals surface area contributed by atoms with Crippen molar-refractivity contribution in [2.45, 2.75) is 19.1 Å². The van der Waals surface area contributed by atoms with Crippen LogP contribution in [0.4, 0.5) is 0 Å². The maximum Gasteiger partial charge on any atom is 0.247 e. The Bertz CT molecular complexity index is 1400. The first-order valence-electron chi connectivity index (χ1n) is 11.8. The van der Waals surface area contributed by atoms with Gasteiger partial charge in [-0.25, -0.2) is 0 Å². The van der Waals surface area contributed by atoms with Gasteiger partial charge in [0.15, 0.2) is 0 Å². The van der Waals surface area contributed by atoms with Gasteiger partial charge in [0.25, 0.3) is 0 Å². The Morgan fingerprint density at radius 1 is 0.794 bits per heavy atom. The van der Waals surface area contributed by atoms with Gasteiger partial charge in [-0.2, -0.15) is 0 Å². The molecule has 2 aliphatic rings. The summed E-state index contributed by atoms with van der Waals surface area (Å²) in [6.07, 6.45) is 0. The predicted molar refractivity (Wildman–Crippen MR) is 132 cm³/mol. The molecule has 3 heterocycles. The van der Waals surface area contributed by atoms with Crippen LogP contribution in [-0.4, -0.2) is 63.7 Å². The van der Waals surface area contributed by atoms with E-state index in [9.17, 15) is 9.59 Å². The molecule has 170 valence electrons. The van der Waals surface area contributed by atoms with Crippen LogP contribution in [0.2, 0.25) is 0 Å². The van der Waals surface area contributed by atoms with E-state index in [-0.39, 0.29) is 18.4 Å².